The first-order valence-corrected chi connectivity index (χ1v) is 13.8. The van der Waals surface area contributed by atoms with Gasteiger partial charge < -0.3 is 19.5 Å². The number of nitrogens with zero attached hydrogens (tertiary/aromatic N) is 4. The van der Waals surface area contributed by atoms with Gasteiger partial charge in [-0.25, -0.2) is 19.0 Å². The van der Waals surface area contributed by atoms with E-state index in [2.05, 4.69) is 20.3 Å². The summed E-state index contributed by atoms with van der Waals surface area (Å²) in [6.07, 6.45) is 2.79. The van der Waals surface area contributed by atoms with E-state index in [1.54, 1.807) is 60.7 Å². The summed E-state index contributed by atoms with van der Waals surface area (Å²) in [5.74, 6) is -3.43. The van der Waals surface area contributed by atoms with Gasteiger partial charge in [0.25, 0.3) is 5.79 Å². The van der Waals surface area contributed by atoms with Crippen LogP contribution in [0.4, 0.5) is 10.2 Å². The number of halogens is 2. The van der Waals surface area contributed by atoms with Crippen LogP contribution in [0.2, 0.25) is 5.28 Å². The monoisotopic (exact) mass is 579 g/mol. The maximum atomic E-state index is 17.2. The van der Waals surface area contributed by atoms with E-state index in [0.717, 1.165) is 30.3 Å². The molecule has 12 heteroatoms. The van der Waals surface area contributed by atoms with E-state index in [0.29, 0.717) is 16.9 Å². The Morgan fingerprint density at radius 3 is 2.37 bits per heavy atom. The minimum Gasteiger partial charge on any atom is -0.459 e. The second-order valence-electron chi connectivity index (χ2n) is 10.1. The van der Waals surface area contributed by atoms with Crippen LogP contribution >= 0.6 is 11.6 Å². The minimum absolute atomic E-state index is 0.0894. The molecule has 41 heavy (non-hydrogen) atoms. The van der Waals surface area contributed by atoms with Crippen LogP contribution in [0.1, 0.15) is 46.4 Å². The Kier molecular flexibility index (Phi) is 7.55. The molecule has 6 rings (SSSR count). The molecular formula is C29H27ClFN5O5. The van der Waals surface area contributed by atoms with Gasteiger partial charge in [0.15, 0.2) is 23.1 Å². The Balaban J connectivity index is 1.32. The summed E-state index contributed by atoms with van der Waals surface area (Å²) in [4.78, 5) is 38.7. The van der Waals surface area contributed by atoms with Crippen molar-refractivity contribution in [1.82, 2.24) is 19.5 Å². The predicted octanol–water partition coefficient (Wildman–Crippen LogP) is 4.94. The molecular weight excluding hydrogens is 553 g/mol. The van der Waals surface area contributed by atoms with E-state index in [1.165, 1.54) is 6.33 Å². The van der Waals surface area contributed by atoms with Crippen LogP contribution in [-0.2, 0) is 20.0 Å². The number of alkyl halides is 1. The number of ether oxygens (including phenoxy) is 3. The first-order valence-electron chi connectivity index (χ1n) is 13.4. The van der Waals surface area contributed by atoms with Gasteiger partial charge >= 0.3 is 11.9 Å². The van der Waals surface area contributed by atoms with Crippen LogP contribution in [0.25, 0.3) is 11.2 Å². The van der Waals surface area contributed by atoms with Gasteiger partial charge in [-0.1, -0.05) is 49.2 Å². The zero-order chi connectivity index (χ0) is 28.4. The van der Waals surface area contributed by atoms with E-state index >= 15 is 4.39 Å². The van der Waals surface area contributed by atoms with Gasteiger partial charge in [-0.15, -0.1) is 0 Å². The topological polar surface area (TPSA) is 117 Å². The van der Waals surface area contributed by atoms with Crippen LogP contribution in [-0.4, -0.2) is 62.9 Å². The molecule has 0 spiro atoms. The maximum absolute atomic E-state index is 17.2. The Bertz CT molecular complexity index is 1550. The van der Waals surface area contributed by atoms with Gasteiger partial charge in [-0.3, -0.25) is 4.57 Å². The van der Waals surface area contributed by atoms with E-state index in [1.807, 2.05) is 0 Å². The lowest BCUT2D eigenvalue weighted by molar-refractivity contribution is -0.0667. The predicted molar refractivity (Wildman–Crippen MR) is 147 cm³/mol. The molecule has 0 bridgehead atoms. The molecule has 0 radical (unpaired) electrons. The normalized spacial score (nSPS) is 22.6. The van der Waals surface area contributed by atoms with Gasteiger partial charge in [0, 0.05) is 6.04 Å². The summed E-state index contributed by atoms with van der Waals surface area (Å²) in [5.41, 5.74) is 0.986. The van der Waals surface area contributed by atoms with Crippen molar-refractivity contribution in [3.8, 4) is 0 Å². The third-order valence-corrected chi connectivity index (χ3v) is 7.54. The number of rotatable bonds is 8. The number of carbonyl (C=O) groups excluding carboxylic acids is 2. The number of benzene rings is 2. The average Bonchev–Trinajstić information content (AvgIpc) is 3.73. The fourth-order valence-electron chi connectivity index (χ4n) is 5.27. The molecule has 10 nitrogen and oxygen atoms in total. The highest BCUT2D eigenvalue weighted by molar-refractivity contribution is 6.28. The molecule has 3 heterocycles. The summed E-state index contributed by atoms with van der Waals surface area (Å²) < 4.78 is 35.3. The molecule has 212 valence electrons. The molecule has 1 aliphatic carbocycles. The maximum Gasteiger partial charge on any atom is 0.338 e. The van der Waals surface area contributed by atoms with Crippen molar-refractivity contribution in [3.63, 3.8) is 0 Å². The molecule has 0 unspecified atom stereocenters. The largest absolute Gasteiger partial charge is 0.459 e. The van der Waals surface area contributed by atoms with Crippen molar-refractivity contribution >= 4 is 40.5 Å². The lowest BCUT2D eigenvalue weighted by Gasteiger charge is -2.29. The summed E-state index contributed by atoms with van der Waals surface area (Å²) in [7, 11) is 0. The van der Waals surface area contributed by atoms with Crippen molar-refractivity contribution in [1.29, 1.82) is 0 Å². The van der Waals surface area contributed by atoms with E-state index in [-0.39, 0.29) is 29.1 Å². The number of nitrogens with one attached hydrogen (secondary N) is 1. The summed E-state index contributed by atoms with van der Waals surface area (Å²) in [6.45, 7) is -0.880. The van der Waals surface area contributed by atoms with Crippen LogP contribution < -0.4 is 5.32 Å². The Morgan fingerprint density at radius 2 is 1.68 bits per heavy atom. The second kappa shape index (κ2) is 11.4. The first-order chi connectivity index (χ1) is 19.9. The van der Waals surface area contributed by atoms with Crippen molar-refractivity contribution in [2.45, 2.75) is 49.7 Å². The highest BCUT2D eigenvalue weighted by Gasteiger charge is 2.56. The van der Waals surface area contributed by atoms with Crippen molar-refractivity contribution in [2.24, 2.45) is 0 Å². The molecule has 2 aromatic heterocycles. The lowest BCUT2D eigenvalue weighted by Crippen LogP contribution is -2.46. The molecule has 1 saturated carbocycles. The van der Waals surface area contributed by atoms with E-state index in [4.69, 9.17) is 25.8 Å². The van der Waals surface area contributed by atoms with Crippen LogP contribution in [0.15, 0.2) is 67.0 Å². The quantitative estimate of drug-likeness (QED) is 0.229. The molecule has 4 aromatic rings. The standard InChI is InChI=1S/C29H27ClFN5O5/c30-28-34-24(33-20-13-7-8-14-20)22-25(35-28)36(17-32-22)29(31)16-40-21(15-39-26(37)18-9-3-1-4-10-18)23(29)41-27(38)19-11-5-2-6-12-19/h1-6,9-12,17,20-21,23H,7-8,13-16H2,(H,33,34,35)/t21-,23-,29-/m1/s1. The molecule has 1 N–H and O–H groups in total. The first kappa shape index (κ1) is 27.1. The van der Waals surface area contributed by atoms with Crippen molar-refractivity contribution < 1.29 is 28.2 Å². The van der Waals surface area contributed by atoms with Gasteiger partial charge in [-0.05, 0) is 48.7 Å². The van der Waals surface area contributed by atoms with Gasteiger partial charge in [0.1, 0.15) is 25.6 Å². The SMILES string of the molecule is O=C(OC[C@H]1OC[C@@](F)(n2cnc3c(NC4CCCC4)nc(Cl)nc32)[C@@H]1OC(=O)c1ccccc1)c1ccccc1. The molecule has 1 aliphatic heterocycles. The highest BCUT2D eigenvalue weighted by Crippen LogP contribution is 2.39. The van der Waals surface area contributed by atoms with E-state index in [9.17, 15) is 9.59 Å². The number of carbonyl (C=O) groups is 2. The van der Waals surface area contributed by atoms with Crippen LogP contribution in [0.5, 0.6) is 0 Å². The van der Waals surface area contributed by atoms with Crippen LogP contribution in [0.3, 0.4) is 0 Å². The Hall–Kier alpha value is -4.09. The number of hydrogen-bond donors (Lipinski definition) is 1. The van der Waals surface area contributed by atoms with Crippen molar-refractivity contribution in [3.05, 3.63) is 83.4 Å². The third-order valence-electron chi connectivity index (χ3n) is 7.37. The van der Waals surface area contributed by atoms with Crippen LogP contribution in [0, 0.1) is 0 Å². The summed E-state index contributed by atoms with van der Waals surface area (Å²) in [6, 6.07) is 16.8. The number of fused-ring (bicyclic) bond motifs is 1. The fraction of sp³-hybridized carbons (Fsp3) is 0.345. The second-order valence-corrected chi connectivity index (χ2v) is 10.4. The van der Waals surface area contributed by atoms with Gasteiger partial charge in [0.05, 0.1) is 11.1 Å². The molecule has 0 amide bonds. The number of hydrogen-bond acceptors (Lipinski definition) is 9. The zero-order valence-corrected chi connectivity index (χ0v) is 22.7. The molecule has 2 aromatic carbocycles. The Labute approximate surface area is 239 Å². The lowest BCUT2D eigenvalue weighted by atomic mass is 10.1. The Morgan fingerprint density at radius 1 is 1.02 bits per heavy atom. The zero-order valence-electron chi connectivity index (χ0n) is 21.9. The summed E-state index contributed by atoms with van der Waals surface area (Å²) >= 11 is 6.26. The molecule has 2 aliphatic rings. The van der Waals surface area contributed by atoms with Gasteiger partial charge in [-0.2, -0.15) is 9.97 Å². The minimum atomic E-state index is -2.45. The number of aromatic nitrogens is 4. The third kappa shape index (κ3) is 5.47. The summed E-state index contributed by atoms with van der Waals surface area (Å²) in [5, 5.41) is 3.27. The molecule has 2 fully saturated rings. The van der Waals surface area contributed by atoms with Gasteiger partial charge in [0.2, 0.25) is 5.28 Å². The van der Waals surface area contributed by atoms with E-state index < -0.39 is 36.5 Å². The highest BCUT2D eigenvalue weighted by atomic mass is 35.5. The number of esters is 2. The molecule has 3 atom stereocenters. The molecule has 1 saturated heterocycles. The number of imidazole rings is 1. The average molecular weight is 580 g/mol. The number of anilines is 1. The fourth-order valence-corrected chi connectivity index (χ4v) is 5.43. The van der Waals surface area contributed by atoms with Crippen molar-refractivity contribution in [2.75, 3.05) is 18.5 Å². The smallest absolute Gasteiger partial charge is 0.338 e.